The summed E-state index contributed by atoms with van der Waals surface area (Å²) in [5.74, 6) is 0. The first-order valence-corrected chi connectivity index (χ1v) is 18.4. The van der Waals surface area contributed by atoms with Gasteiger partial charge < -0.3 is 9.13 Å². The van der Waals surface area contributed by atoms with Gasteiger partial charge in [0.1, 0.15) is 0 Å². The molecule has 0 aliphatic carbocycles. The Balaban J connectivity index is 1.11. The Morgan fingerprint density at radius 1 is 0.288 bits per heavy atom. The molecule has 52 heavy (non-hydrogen) atoms. The lowest BCUT2D eigenvalue weighted by molar-refractivity contribution is 1.17. The molecule has 2 aromatic heterocycles. The molecule has 0 fully saturated rings. The number of benzene rings is 7. The Kier molecular flexibility index (Phi) is 7.31. The van der Waals surface area contributed by atoms with Gasteiger partial charge in [0.2, 0.25) is 0 Å². The largest absolute Gasteiger partial charge is 0.309 e. The third kappa shape index (κ3) is 4.85. The molecule has 9 rings (SSSR count). The summed E-state index contributed by atoms with van der Waals surface area (Å²) in [6, 6.07) is 45.7. The van der Waals surface area contributed by atoms with Gasteiger partial charge in [-0.3, -0.25) is 0 Å². The molecule has 2 heteroatoms. The Hall–Kier alpha value is -5.86. The van der Waals surface area contributed by atoms with Gasteiger partial charge in [0.25, 0.3) is 0 Å². The highest BCUT2D eigenvalue weighted by atomic mass is 15.0. The van der Waals surface area contributed by atoms with Crippen LogP contribution in [-0.2, 0) is 0 Å². The van der Waals surface area contributed by atoms with Crippen molar-refractivity contribution < 1.29 is 0 Å². The molecule has 0 aliphatic heterocycles. The van der Waals surface area contributed by atoms with Crippen molar-refractivity contribution in [3.8, 4) is 33.6 Å². The lowest BCUT2D eigenvalue weighted by Crippen LogP contribution is -2.01. The van der Waals surface area contributed by atoms with Crippen LogP contribution in [0.2, 0.25) is 0 Å². The second-order valence-electron chi connectivity index (χ2n) is 15.1. The van der Waals surface area contributed by atoms with Gasteiger partial charge in [0.05, 0.1) is 22.1 Å². The second kappa shape index (κ2) is 11.9. The Morgan fingerprint density at radius 2 is 0.538 bits per heavy atom. The predicted octanol–water partition coefficient (Wildman–Crippen LogP) is 13.7. The van der Waals surface area contributed by atoms with Gasteiger partial charge >= 0.3 is 0 Å². The van der Waals surface area contributed by atoms with Crippen LogP contribution in [-0.4, -0.2) is 9.13 Å². The number of aromatic nitrogens is 2. The number of rotatable bonds is 4. The van der Waals surface area contributed by atoms with E-state index in [0.29, 0.717) is 0 Å². The van der Waals surface area contributed by atoms with E-state index in [0.717, 1.165) is 0 Å². The van der Waals surface area contributed by atoms with E-state index in [-0.39, 0.29) is 0 Å². The van der Waals surface area contributed by atoms with Crippen LogP contribution in [0.3, 0.4) is 0 Å². The molecule has 0 amide bonds. The van der Waals surface area contributed by atoms with Crippen molar-refractivity contribution in [3.63, 3.8) is 0 Å². The Labute approximate surface area is 306 Å². The molecule has 254 valence electrons. The standard InChI is InChI=1S/C50H44N2/c1-29-9-21-45-41(25-29)42-26-30(2)10-22-46(42)51(45)39-17-13-37(14-18-39)49-33(5)35(7)50(36(8)34(49)6)38-15-19-40(20-16-38)52-47-23-11-31(3)27-43(47)44-28-32(4)12-24-48(44)52/h9-28H,1-8H3. The maximum absolute atomic E-state index is 2.41. The average Bonchev–Trinajstić information content (AvgIpc) is 3.62. The molecule has 0 unspecified atom stereocenters. The number of aryl methyl sites for hydroxylation is 4. The molecule has 0 spiro atoms. The summed E-state index contributed by atoms with van der Waals surface area (Å²) in [5, 5.41) is 5.24. The normalized spacial score (nSPS) is 11.8. The third-order valence-corrected chi connectivity index (χ3v) is 11.6. The molecular weight excluding hydrogens is 629 g/mol. The molecule has 2 nitrogen and oxygen atoms in total. The Bertz CT molecular complexity index is 2540. The van der Waals surface area contributed by atoms with Gasteiger partial charge in [-0.25, -0.2) is 0 Å². The van der Waals surface area contributed by atoms with Crippen molar-refractivity contribution in [1.29, 1.82) is 0 Å². The summed E-state index contributed by atoms with van der Waals surface area (Å²) in [5.41, 5.74) is 23.1. The highest BCUT2D eigenvalue weighted by molar-refractivity contribution is 6.10. The van der Waals surface area contributed by atoms with Crippen molar-refractivity contribution in [2.75, 3.05) is 0 Å². The van der Waals surface area contributed by atoms with Crippen molar-refractivity contribution in [2.24, 2.45) is 0 Å². The lowest BCUT2D eigenvalue weighted by Gasteiger charge is -2.22. The number of hydrogen-bond donors (Lipinski definition) is 0. The van der Waals surface area contributed by atoms with Crippen LogP contribution in [0.15, 0.2) is 121 Å². The summed E-state index contributed by atoms with van der Waals surface area (Å²) < 4.78 is 4.83. The first-order chi connectivity index (χ1) is 25.1. The lowest BCUT2D eigenvalue weighted by atomic mass is 9.83. The molecule has 0 saturated heterocycles. The van der Waals surface area contributed by atoms with Crippen LogP contribution >= 0.6 is 0 Å². The minimum atomic E-state index is 1.19. The fraction of sp³-hybridized carbons (Fsp3) is 0.160. The summed E-state index contributed by atoms with van der Waals surface area (Å²) in [4.78, 5) is 0. The maximum atomic E-state index is 2.41. The predicted molar refractivity (Wildman–Crippen MR) is 224 cm³/mol. The number of hydrogen-bond acceptors (Lipinski definition) is 0. The molecule has 0 radical (unpaired) electrons. The van der Waals surface area contributed by atoms with Crippen molar-refractivity contribution in [2.45, 2.75) is 55.4 Å². The van der Waals surface area contributed by atoms with Crippen molar-refractivity contribution in [3.05, 3.63) is 166 Å². The van der Waals surface area contributed by atoms with Crippen LogP contribution < -0.4 is 0 Å². The summed E-state index contributed by atoms with van der Waals surface area (Å²) in [7, 11) is 0. The van der Waals surface area contributed by atoms with E-state index in [1.165, 1.54) is 122 Å². The minimum Gasteiger partial charge on any atom is -0.309 e. The maximum Gasteiger partial charge on any atom is 0.0541 e. The van der Waals surface area contributed by atoms with E-state index in [9.17, 15) is 0 Å². The summed E-state index contributed by atoms with van der Waals surface area (Å²) >= 11 is 0. The molecule has 7 aromatic carbocycles. The molecule has 0 saturated carbocycles. The third-order valence-electron chi connectivity index (χ3n) is 11.6. The van der Waals surface area contributed by atoms with E-state index in [4.69, 9.17) is 0 Å². The van der Waals surface area contributed by atoms with Gasteiger partial charge in [-0.2, -0.15) is 0 Å². The first-order valence-electron chi connectivity index (χ1n) is 18.4. The van der Waals surface area contributed by atoms with E-state index in [1.807, 2.05) is 0 Å². The van der Waals surface area contributed by atoms with Crippen molar-refractivity contribution in [1.82, 2.24) is 9.13 Å². The van der Waals surface area contributed by atoms with Gasteiger partial charge in [-0.05, 0) is 173 Å². The van der Waals surface area contributed by atoms with Crippen LogP contribution in [0.1, 0.15) is 44.5 Å². The van der Waals surface area contributed by atoms with Crippen LogP contribution in [0.5, 0.6) is 0 Å². The fourth-order valence-electron chi connectivity index (χ4n) is 8.79. The summed E-state index contributed by atoms with van der Waals surface area (Å²) in [6.45, 7) is 17.9. The molecule has 2 heterocycles. The molecule has 0 atom stereocenters. The van der Waals surface area contributed by atoms with Crippen LogP contribution in [0, 0.1) is 55.4 Å². The molecular formula is C50H44N2. The quantitative estimate of drug-likeness (QED) is 0.176. The highest BCUT2D eigenvalue weighted by Gasteiger charge is 2.19. The monoisotopic (exact) mass is 672 g/mol. The molecule has 0 aliphatic rings. The fourth-order valence-corrected chi connectivity index (χ4v) is 8.79. The van der Waals surface area contributed by atoms with E-state index >= 15 is 0 Å². The average molecular weight is 673 g/mol. The second-order valence-corrected chi connectivity index (χ2v) is 15.1. The number of fused-ring (bicyclic) bond motifs is 6. The SMILES string of the molecule is Cc1ccc2c(c1)c1cc(C)ccc1n2-c1ccc(-c2c(C)c(C)c(-c3ccc(-n4c5ccc(C)cc5c5cc(C)ccc54)cc3)c(C)c2C)cc1. The van der Waals surface area contributed by atoms with Gasteiger partial charge in [0, 0.05) is 32.9 Å². The Morgan fingerprint density at radius 3 is 0.788 bits per heavy atom. The first kappa shape index (κ1) is 32.1. The van der Waals surface area contributed by atoms with Gasteiger partial charge in [-0.1, -0.05) is 70.8 Å². The van der Waals surface area contributed by atoms with Crippen LogP contribution in [0.4, 0.5) is 0 Å². The zero-order valence-electron chi connectivity index (χ0n) is 31.4. The zero-order valence-corrected chi connectivity index (χ0v) is 31.4. The molecule has 9 aromatic rings. The van der Waals surface area contributed by atoms with E-state index < -0.39 is 0 Å². The smallest absolute Gasteiger partial charge is 0.0541 e. The van der Waals surface area contributed by atoms with Gasteiger partial charge in [0.15, 0.2) is 0 Å². The van der Waals surface area contributed by atoms with E-state index in [1.54, 1.807) is 0 Å². The highest BCUT2D eigenvalue weighted by Crippen LogP contribution is 2.41. The van der Waals surface area contributed by atoms with E-state index in [2.05, 4.69) is 186 Å². The minimum absolute atomic E-state index is 1.19. The van der Waals surface area contributed by atoms with Crippen molar-refractivity contribution >= 4 is 43.6 Å². The zero-order chi connectivity index (χ0) is 36.0. The molecule has 0 bridgehead atoms. The topological polar surface area (TPSA) is 9.86 Å². The van der Waals surface area contributed by atoms with Crippen LogP contribution in [0.25, 0.3) is 77.2 Å². The van der Waals surface area contributed by atoms with Gasteiger partial charge in [-0.15, -0.1) is 0 Å². The molecule has 0 N–H and O–H groups in total. The number of nitrogens with zero attached hydrogens (tertiary/aromatic N) is 2. The summed E-state index contributed by atoms with van der Waals surface area (Å²) in [6.07, 6.45) is 0.